The fourth-order valence-corrected chi connectivity index (χ4v) is 3.29. The zero-order chi connectivity index (χ0) is 11.5. The zero-order valence-corrected chi connectivity index (χ0v) is 10.0. The van der Waals surface area contributed by atoms with Crippen molar-refractivity contribution >= 4 is 12.1 Å². The van der Waals surface area contributed by atoms with E-state index in [1.807, 2.05) is 0 Å². The summed E-state index contributed by atoms with van der Waals surface area (Å²) in [6, 6.07) is 0.352. The van der Waals surface area contributed by atoms with Gasteiger partial charge in [0, 0.05) is 24.3 Å². The second-order valence-electron chi connectivity index (χ2n) is 5.15. The van der Waals surface area contributed by atoms with Gasteiger partial charge in [-0.15, -0.1) is 0 Å². The van der Waals surface area contributed by atoms with Crippen LogP contribution in [0.2, 0.25) is 0 Å². The summed E-state index contributed by atoms with van der Waals surface area (Å²) in [7, 11) is 0. The number of carbonyl (C=O) groups excluding carboxylic acids is 2. The Morgan fingerprint density at radius 1 is 1.50 bits per heavy atom. The minimum absolute atomic E-state index is 0.0220. The average Bonchev–Trinajstić information content (AvgIpc) is 2.30. The maximum Gasteiger partial charge on any atom is 0.138 e. The first-order chi connectivity index (χ1) is 7.76. The molecule has 0 aromatic rings. The van der Waals surface area contributed by atoms with E-state index in [1.54, 1.807) is 0 Å². The first-order valence-electron chi connectivity index (χ1n) is 6.48. The van der Waals surface area contributed by atoms with Crippen LogP contribution in [0.1, 0.15) is 39.0 Å². The summed E-state index contributed by atoms with van der Waals surface area (Å²) < 4.78 is 0. The summed E-state index contributed by atoms with van der Waals surface area (Å²) in [6.45, 7) is 4.35. The van der Waals surface area contributed by atoms with E-state index in [1.165, 1.54) is 0 Å². The molecule has 90 valence electrons. The van der Waals surface area contributed by atoms with Crippen molar-refractivity contribution in [2.45, 2.75) is 45.1 Å². The molecule has 3 heteroatoms. The number of Topliss-reactive ketones (excluding diaryl/α,β-unsaturated/α-hetero) is 1. The van der Waals surface area contributed by atoms with Crippen molar-refractivity contribution in [1.29, 1.82) is 0 Å². The van der Waals surface area contributed by atoms with Crippen LogP contribution in [0.25, 0.3) is 0 Å². The van der Waals surface area contributed by atoms with Gasteiger partial charge in [0.05, 0.1) is 0 Å². The summed E-state index contributed by atoms with van der Waals surface area (Å²) in [5.41, 5.74) is 0. The molecular weight excluding hydrogens is 202 g/mol. The molecule has 2 rings (SSSR count). The van der Waals surface area contributed by atoms with Gasteiger partial charge in [0.1, 0.15) is 12.1 Å². The summed E-state index contributed by atoms with van der Waals surface area (Å²) in [4.78, 5) is 25.3. The molecule has 16 heavy (non-hydrogen) atoms. The highest BCUT2D eigenvalue weighted by molar-refractivity contribution is 5.85. The minimum Gasteiger partial charge on any atom is -0.303 e. The maximum absolute atomic E-state index is 12.0. The van der Waals surface area contributed by atoms with Gasteiger partial charge < -0.3 is 4.79 Å². The molecule has 3 atom stereocenters. The lowest BCUT2D eigenvalue weighted by Gasteiger charge is -2.44. The number of aldehydes is 1. The van der Waals surface area contributed by atoms with E-state index >= 15 is 0 Å². The molecule has 0 N–H and O–H groups in total. The normalized spacial score (nSPS) is 35.8. The monoisotopic (exact) mass is 223 g/mol. The molecule has 0 amide bonds. The van der Waals surface area contributed by atoms with Crippen LogP contribution in [-0.4, -0.2) is 36.1 Å². The van der Waals surface area contributed by atoms with Gasteiger partial charge in [-0.05, 0) is 38.8 Å². The molecule has 2 fully saturated rings. The lowest BCUT2D eigenvalue weighted by atomic mass is 9.73. The van der Waals surface area contributed by atoms with Crippen molar-refractivity contribution in [3.8, 4) is 0 Å². The largest absolute Gasteiger partial charge is 0.303 e. The SMILES string of the molecule is CCCN1CCC[C@H]2C(=O)CC(C=O)C[C@H]21. The van der Waals surface area contributed by atoms with E-state index in [0.29, 0.717) is 18.2 Å². The van der Waals surface area contributed by atoms with Gasteiger partial charge in [-0.25, -0.2) is 0 Å². The minimum atomic E-state index is -0.0220. The molecule has 1 aliphatic heterocycles. The number of hydrogen-bond donors (Lipinski definition) is 0. The van der Waals surface area contributed by atoms with Crippen LogP contribution in [0, 0.1) is 11.8 Å². The molecule has 0 radical (unpaired) electrons. The number of nitrogens with zero attached hydrogens (tertiary/aromatic N) is 1. The van der Waals surface area contributed by atoms with Crippen molar-refractivity contribution in [3.63, 3.8) is 0 Å². The number of piperidine rings is 1. The molecular formula is C13H21NO2. The summed E-state index contributed by atoms with van der Waals surface area (Å²) in [5.74, 6) is 0.525. The van der Waals surface area contributed by atoms with E-state index in [-0.39, 0.29) is 11.8 Å². The molecule has 0 bridgehead atoms. The molecule has 1 saturated carbocycles. The highest BCUT2D eigenvalue weighted by atomic mass is 16.1. The van der Waals surface area contributed by atoms with Crippen LogP contribution in [0.5, 0.6) is 0 Å². The fraction of sp³-hybridized carbons (Fsp3) is 0.846. The van der Waals surface area contributed by atoms with Gasteiger partial charge in [-0.3, -0.25) is 9.69 Å². The van der Waals surface area contributed by atoms with Gasteiger partial charge in [0.2, 0.25) is 0 Å². The van der Waals surface area contributed by atoms with Gasteiger partial charge >= 0.3 is 0 Å². The first-order valence-corrected chi connectivity index (χ1v) is 6.48. The topological polar surface area (TPSA) is 37.4 Å². The van der Waals surface area contributed by atoms with Gasteiger partial charge in [-0.2, -0.15) is 0 Å². The number of hydrogen-bond acceptors (Lipinski definition) is 3. The predicted molar refractivity (Wildman–Crippen MR) is 62.2 cm³/mol. The Morgan fingerprint density at radius 2 is 2.31 bits per heavy atom. The second kappa shape index (κ2) is 5.09. The first kappa shape index (κ1) is 11.8. The molecule has 1 aliphatic carbocycles. The molecule has 1 heterocycles. The average molecular weight is 223 g/mol. The van der Waals surface area contributed by atoms with Crippen molar-refractivity contribution in [2.75, 3.05) is 13.1 Å². The third-order valence-corrected chi connectivity index (χ3v) is 4.02. The van der Waals surface area contributed by atoms with Crippen LogP contribution in [0.15, 0.2) is 0 Å². The fourth-order valence-electron chi connectivity index (χ4n) is 3.29. The lowest BCUT2D eigenvalue weighted by molar-refractivity contribution is -0.134. The third kappa shape index (κ3) is 2.19. The molecule has 1 saturated heterocycles. The Kier molecular flexibility index (Phi) is 3.74. The molecule has 0 spiro atoms. The number of rotatable bonds is 3. The summed E-state index contributed by atoms with van der Waals surface area (Å²) in [6.07, 6.45) is 5.68. The van der Waals surface area contributed by atoms with Crippen LogP contribution in [-0.2, 0) is 9.59 Å². The van der Waals surface area contributed by atoms with Crippen molar-refractivity contribution < 1.29 is 9.59 Å². The molecule has 1 unspecified atom stereocenters. The van der Waals surface area contributed by atoms with E-state index in [2.05, 4.69) is 11.8 Å². The van der Waals surface area contributed by atoms with E-state index in [4.69, 9.17) is 0 Å². The third-order valence-electron chi connectivity index (χ3n) is 4.02. The number of fused-ring (bicyclic) bond motifs is 1. The Balaban J connectivity index is 2.10. The Bertz CT molecular complexity index is 275. The Hall–Kier alpha value is -0.700. The highest BCUT2D eigenvalue weighted by Gasteiger charge is 2.41. The van der Waals surface area contributed by atoms with Crippen LogP contribution in [0.3, 0.4) is 0 Å². The standard InChI is InChI=1S/C13H21NO2/c1-2-5-14-6-3-4-11-12(14)7-10(9-15)8-13(11)16/h9-12H,2-8H2,1H3/t10?,11-,12-/m1/s1. The highest BCUT2D eigenvalue weighted by Crippen LogP contribution is 2.35. The zero-order valence-electron chi connectivity index (χ0n) is 10.0. The van der Waals surface area contributed by atoms with Crippen LogP contribution in [0.4, 0.5) is 0 Å². The van der Waals surface area contributed by atoms with E-state index < -0.39 is 0 Å². The molecule has 3 nitrogen and oxygen atoms in total. The van der Waals surface area contributed by atoms with Crippen LogP contribution < -0.4 is 0 Å². The molecule has 2 aliphatic rings. The quantitative estimate of drug-likeness (QED) is 0.683. The predicted octanol–water partition coefficient (Wildman–Crippen LogP) is 1.66. The van der Waals surface area contributed by atoms with Gasteiger partial charge in [0.25, 0.3) is 0 Å². The Morgan fingerprint density at radius 3 is 3.00 bits per heavy atom. The molecule has 0 aromatic carbocycles. The van der Waals surface area contributed by atoms with E-state index in [9.17, 15) is 9.59 Å². The lowest BCUT2D eigenvalue weighted by Crippen LogP contribution is -2.52. The van der Waals surface area contributed by atoms with Crippen molar-refractivity contribution in [3.05, 3.63) is 0 Å². The second-order valence-corrected chi connectivity index (χ2v) is 5.15. The van der Waals surface area contributed by atoms with Gasteiger partial charge in [0.15, 0.2) is 0 Å². The Labute approximate surface area is 97.2 Å². The summed E-state index contributed by atoms with van der Waals surface area (Å²) >= 11 is 0. The molecule has 0 aromatic heterocycles. The number of likely N-dealkylation sites (tertiary alicyclic amines) is 1. The number of carbonyl (C=O) groups is 2. The maximum atomic E-state index is 12.0. The van der Waals surface area contributed by atoms with Crippen molar-refractivity contribution in [2.24, 2.45) is 11.8 Å². The summed E-state index contributed by atoms with van der Waals surface area (Å²) in [5, 5.41) is 0. The van der Waals surface area contributed by atoms with Gasteiger partial charge in [-0.1, -0.05) is 6.92 Å². The number of ketones is 1. The van der Waals surface area contributed by atoms with Crippen LogP contribution >= 0.6 is 0 Å². The smallest absolute Gasteiger partial charge is 0.138 e. The van der Waals surface area contributed by atoms with Crippen molar-refractivity contribution in [1.82, 2.24) is 4.90 Å². The van der Waals surface area contributed by atoms with E-state index in [0.717, 1.165) is 45.1 Å².